The molecule has 1 aliphatic carbocycles. The van der Waals surface area contributed by atoms with Crippen molar-refractivity contribution >= 4 is 21.8 Å². The van der Waals surface area contributed by atoms with Gasteiger partial charge in [-0.2, -0.15) is 0 Å². The van der Waals surface area contributed by atoms with Gasteiger partial charge in [0, 0.05) is 12.1 Å². The lowest BCUT2D eigenvalue weighted by atomic mass is 9.79. The summed E-state index contributed by atoms with van der Waals surface area (Å²) in [5.41, 5.74) is -0.235. The fourth-order valence-electron chi connectivity index (χ4n) is 2.69. The molecule has 1 saturated carbocycles. The van der Waals surface area contributed by atoms with E-state index in [9.17, 15) is 18.0 Å². The van der Waals surface area contributed by atoms with Crippen molar-refractivity contribution in [3.63, 3.8) is 0 Å². The van der Waals surface area contributed by atoms with E-state index in [0.29, 0.717) is 0 Å². The van der Waals surface area contributed by atoms with Crippen LogP contribution in [0.4, 0.5) is 4.79 Å². The van der Waals surface area contributed by atoms with E-state index in [1.807, 2.05) is 6.92 Å². The number of amides is 2. The summed E-state index contributed by atoms with van der Waals surface area (Å²) in [6, 6.07) is -1.14. The number of nitrogens with one attached hydrogen (secondary N) is 1. The van der Waals surface area contributed by atoms with Crippen molar-refractivity contribution in [3.8, 4) is 0 Å². The molecule has 1 heterocycles. The standard InChI is InChI=1S/C12H20N2O5S/c1-12(3-2-4-12)13-11(17)14-5-6-20(18,19)8-9(14)7-10(15)16/h9H,2-8H2,1H3,(H,13,17)(H,15,16). The predicted octanol–water partition coefficient (Wildman–Crippen LogP) is 0.212. The van der Waals surface area contributed by atoms with Gasteiger partial charge in [-0.25, -0.2) is 13.2 Å². The van der Waals surface area contributed by atoms with Crippen molar-refractivity contribution in [3.05, 3.63) is 0 Å². The van der Waals surface area contributed by atoms with Crippen molar-refractivity contribution in [1.29, 1.82) is 0 Å². The van der Waals surface area contributed by atoms with Crippen molar-refractivity contribution in [2.75, 3.05) is 18.1 Å². The Kier molecular flexibility index (Phi) is 3.95. The highest BCUT2D eigenvalue weighted by atomic mass is 32.2. The predicted molar refractivity (Wildman–Crippen MR) is 72.2 cm³/mol. The highest BCUT2D eigenvalue weighted by molar-refractivity contribution is 7.91. The van der Waals surface area contributed by atoms with Gasteiger partial charge >= 0.3 is 12.0 Å². The molecule has 0 aromatic carbocycles. The Labute approximate surface area is 118 Å². The Hall–Kier alpha value is -1.31. The van der Waals surface area contributed by atoms with E-state index >= 15 is 0 Å². The summed E-state index contributed by atoms with van der Waals surface area (Å²) >= 11 is 0. The number of urea groups is 1. The number of hydrogen-bond donors (Lipinski definition) is 2. The first-order chi connectivity index (χ1) is 9.21. The molecule has 0 aromatic rings. The molecule has 0 radical (unpaired) electrons. The normalized spacial score (nSPS) is 27.4. The van der Waals surface area contributed by atoms with Crippen LogP contribution in [0, 0.1) is 0 Å². The second-order valence-corrected chi connectivity index (χ2v) is 8.13. The number of rotatable bonds is 3. The lowest BCUT2D eigenvalue weighted by Crippen LogP contribution is -2.60. The summed E-state index contributed by atoms with van der Waals surface area (Å²) in [5, 5.41) is 11.8. The number of carboxylic acids is 1. The molecule has 1 saturated heterocycles. The van der Waals surface area contributed by atoms with Crippen LogP contribution >= 0.6 is 0 Å². The van der Waals surface area contributed by atoms with Crippen LogP contribution < -0.4 is 5.32 Å². The Morgan fingerprint density at radius 2 is 2.05 bits per heavy atom. The third-order valence-electron chi connectivity index (χ3n) is 4.07. The van der Waals surface area contributed by atoms with Crippen LogP contribution in [0.3, 0.4) is 0 Å². The van der Waals surface area contributed by atoms with Crippen LogP contribution in [0.15, 0.2) is 0 Å². The molecule has 2 rings (SSSR count). The van der Waals surface area contributed by atoms with Gasteiger partial charge in [0.2, 0.25) is 0 Å². The molecule has 2 amide bonds. The summed E-state index contributed by atoms with van der Waals surface area (Å²) in [4.78, 5) is 24.4. The molecular weight excluding hydrogens is 284 g/mol. The average Bonchev–Trinajstić information content (AvgIpc) is 2.24. The third kappa shape index (κ3) is 3.41. The molecule has 20 heavy (non-hydrogen) atoms. The van der Waals surface area contributed by atoms with E-state index in [4.69, 9.17) is 5.11 Å². The van der Waals surface area contributed by atoms with E-state index in [-0.39, 0.29) is 36.0 Å². The molecule has 2 N–H and O–H groups in total. The molecule has 114 valence electrons. The van der Waals surface area contributed by atoms with Crippen molar-refractivity contribution in [2.45, 2.75) is 44.2 Å². The van der Waals surface area contributed by atoms with Gasteiger partial charge in [0.05, 0.1) is 24.0 Å². The molecule has 0 bridgehead atoms. The molecule has 2 aliphatic rings. The van der Waals surface area contributed by atoms with E-state index in [1.165, 1.54) is 4.90 Å². The summed E-state index contributed by atoms with van der Waals surface area (Å²) < 4.78 is 23.2. The zero-order chi connectivity index (χ0) is 15.0. The van der Waals surface area contributed by atoms with E-state index in [0.717, 1.165) is 19.3 Å². The minimum Gasteiger partial charge on any atom is -0.481 e. The highest BCUT2D eigenvalue weighted by Crippen LogP contribution is 2.31. The van der Waals surface area contributed by atoms with Gasteiger partial charge in [0.25, 0.3) is 0 Å². The highest BCUT2D eigenvalue weighted by Gasteiger charge is 2.39. The molecule has 0 spiro atoms. The molecular formula is C12H20N2O5S. The van der Waals surface area contributed by atoms with Crippen LogP contribution in [0.25, 0.3) is 0 Å². The second kappa shape index (κ2) is 5.23. The van der Waals surface area contributed by atoms with Gasteiger partial charge < -0.3 is 15.3 Å². The fraction of sp³-hybridized carbons (Fsp3) is 0.833. The maximum atomic E-state index is 12.2. The van der Waals surface area contributed by atoms with Crippen LogP contribution in [-0.4, -0.2) is 60.1 Å². The second-order valence-electron chi connectivity index (χ2n) is 5.90. The number of nitrogens with zero attached hydrogens (tertiary/aromatic N) is 1. The number of sulfone groups is 1. The topological polar surface area (TPSA) is 104 Å². The molecule has 8 heteroatoms. The monoisotopic (exact) mass is 304 g/mol. The van der Waals surface area contributed by atoms with Crippen LogP contribution in [0.1, 0.15) is 32.6 Å². The largest absolute Gasteiger partial charge is 0.481 e. The molecule has 2 fully saturated rings. The van der Waals surface area contributed by atoms with Gasteiger partial charge in [0.15, 0.2) is 9.84 Å². The molecule has 1 aliphatic heterocycles. The van der Waals surface area contributed by atoms with Crippen molar-refractivity contribution in [1.82, 2.24) is 10.2 Å². The number of carbonyl (C=O) groups is 2. The quantitative estimate of drug-likeness (QED) is 0.776. The number of aliphatic carboxylic acids is 1. The maximum absolute atomic E-state index is 12.2. The Balaban J connectivity index is 2.06. The first-order valence-electron chi connectivity index (χ1n) is 6.72. The van der Waals surface area contributed by atoms with Crippen molar-refractivity contribution in [2.24, 2.45) is 0 Å². The van der Waals surface area contributed by atoms with Crippen molar-refractivity contribution < 1.29 is 23.1 Å². The molecule has 7 nitrogen and oxygen atoms in total. The summed E-state index contributed by atoms with van der Waals surface area (Å²) in [6.07, 6.45) is 2.51. The van der Waals surface area contributed by atoms with Crippen LogP contribution in [0.2, 0.25) is 0 Å². The molecule has 1 atom stereocenters. The SMILES string of the molecule is CC1(NC(=O)N2CCS(=O)(=O)CC2CC(=O)O)CCC1. The minimum absolute atomic E-state index is 0.0577. The average molecular weight is 304 g/mol. The zero-order valence-corrected chi connectivity index (χ0v) is 12.3. The first kappa shape index (κ1) is 15.1. The Bertz CT molecular complexity index is 512. The Morgan fingerprint density at radius 3 is 2.55 bits per heavy atom. The van der Waals surface area contributed by atoms with Crippen LogP contribution in [-0.2, 0) is 14.6 Å². The zero-order valence-electron chi connectivity index (χ0n) is 11.5. The summed E-state index contributed by atoms with van der Waals surface area (Å²) in [7, 11) is -3.26. The maximum Gasteiger partial charge on any atom is 0.318 e. The lowest BCUT2D eigenvalue weighted by molar-refractivity contribution is -0.138. The van der Waals surface area contributed by atoms with E-state index in [2.05, 4.69) is 5.32 Å². The van der Waals surface area contributed by atoms with Gasteiger partial charge in [0.1, 0.15) is 0 Å². The van der Waals surface area contributed by atoms with Gasteiger partial charge in [-0.1, -0.05) is 0 Å². The fourth-order valence-corrected chi connectivity index (χ4v) is 4.21. The first-order valence-corrected chi connectivity index (χ1v) is 8.54. The summed E-state index contributed by atoms with van der Waals surface area (Å²) in [6.45, 7) is 2.00. The molecule has 1 unspecified atom stereocenters. The van der Waals surface area contributed by atoms with Gasteiger partial charge in [-0.15, -0.1) is 0 Å². The van der Waals surface area contributed by atoms with E-state index in [1.54, 1.807) is 0 Å². The number of carbonyl (C=O) groups excluding carboxylic acids is 1. The van der Waals surface area contributed by atoms with Gasteiger partial charge in [-0.05, 0) is 26.2 Å². The number of hydrogen-bond acceptors (Lipinski definition) is 4. The van der Waals surface area contributed by atoms with Crippen LogP contribution in [0.5, 0.6) is 0 Å². The summed E-state index contributed by atoms with van der Waals surface area (Å²) in [5.74, 6) is -1.48. The Morgan fingerprint density at radius 1 is 1.40 bits per heavy atom. The minimum atomic E-state index is -3.26. The smallest absolute Gasteiger partial charge is 0.318 e. The molecule has 0 aromatic heterocycles. The van der Waals surface area contributed by atoms with Gasteiger partial charge in [-0.3, -0.25) is 4.79 Å². The third-order valence-corrected chi connectivity index (χ3v) is 5.76. The van der Waals surface area contributed by atoms with E-state index < -0.39 is 21.8 Å². The number of carboxylic acid groups (broad SMARTS) is 1. The lowest BCUT2D eigenvalue weighted by Gasteiger charge is -2.42.